The Hall–Kier alpha value is -3.87. The average Bonchev–Trinajstić information content (AvgIpc) is 3.35. The zero-order valence-electron chi connectivity index (χ0n) is 16.5. The smallest absolute Gasteiger partial charge is 0.250 e. The molecule has 1 amide bonds. The van der Waals surface area contributed by atoms with Gasteiger partial charge in [-0.25, -0.2) is 9.97 Å². The Balaban J connectivity index is 1.61. The second-order valence-corrected chi connectivity index (χ2v) is 7.33. The lowest BCUT2D eigenvalue weighted by atomic mass is 10.1. The molecule has 0 unspecified atom stereocenters. The normalized spacial score (nSPS) is 12.6. The van der Waals surface area contributed by atoms with Crippen LogP contribution in [0.1, 0.15) is 27.3 Å². The van der Waals surface area contributed by atoms with Crippen LogP contribution in [0.2, 0.25) is 0 Å². The molecule has 4 aromatic rings. The lowest BCUT2D eigenvalue weighted by Crippen LogP contribution is -2.11. The molecule has 2 aromatic heterocycles. The van der Waals surface area contributed by atoms with Gasteiger partial charge in [-0.15, -0.1) is 0 Å². The van der Waals surface area contributed by atoms with Gasteiger partial charge in [-0.1, -0.05) is 42.5 Å². The minimum atomic E-state index is -0.470. The van der Waals surface area contributed by atoms with Gasteiger partial charge in [0.05, 0.1) is 23.4 Å². The highest BCUT2D eigenvalue weighted by Gasteiger charge is 2.24. The molecular weight excluding hydrogens is 378 g/mol. The van der Waals surface area contributed by atoms with Crippen molar-refractivity contribution in [3.8, 4) is 17.1 Å². The predicted octanol–water partition coefficient (Wildman–Crippen LogP) is 3.58. The van der Waals surface area contributed by atoms with E-state index >= 15 is 0 Å². The van der Waals surface area contributed by atoms with Crippen molar-refractivity contribution in [2.24, 2.45) is 5.73 Å². The van der Waals surface area contributed by atoms with Crippen LogP contribution in [0.4, 0.5) is 5.82 Å². The Morgan fingerprint density at radius 3 is 2.80 bits per heavy atom. The molecule has 0 bridgehead atoms. The maximum Gasteiger partial charge on any atom is 0.250 e. The van der Waals surface area contributed by atoms with Crippen molar-refractivity contribution in [2.75, 3.05) is 11.9 Å². The maximum atomic E-state index is 11.8. The van der Waals surface area contributed by atoms with Crippen LogP contribution >= 0.6 is 0 Å². The predicted molar refractivity (Wildman–Crippen MR) is 116 cm³/mol. The first-order valence-electron chi connectivity index (χ1n) is 9.85. The number of para-hydroxylation sites is 1. The molecule has 0 saturated carbocycles. The number of hydrogen-bond donors (Lipinski definition) is 3. The fourth-order valence-electron chi connectivity index (χ4n) is 3.92. The van der Waals surface area contributed by atoms with Gasteiger partial charge >= 0.3 is 0 Å². The van der Waals surface area contributed by atoms with Gasteiger partial charge in [0.25, 0.3) is 5.91 Å². The van der Waals surface area contributed by atoms with Crippen LogP contribution in [-0.4, -0.2) is 27.5 Å². The molecule has 1 aliphatic rings. The molecule has 0 radical (unpaired) electrons. The third-order valence-electron chi connectivity index (χ3n) is 5.33. The van der Waals surface area contributed by atoms with E-state index in [4.69, 9.17) is 20.4 Å². The van der Waals surface area contributed by atoms with Crippen LogP contribution in [0, 0.1) is 6.92 Å². The number of nitrogens with one attached hydrogen (secondary N) is 2. The summed E-state index contributed by atoms with van der Waals surface area (Å²) in [4.78, 5) is 24.7. The number of ether oxygens (including phenoxy) is 1. The Bertz CT molecular complexity index is 1260. The van der Waals surface area contributed by atoms with Crippen LogP contribution in [0.25, 0.3) is 22.3 Å². The number of rotatable bonds is 5. The summed E-state index contributed by atoms with van der Waals surface area (Å²) >= 11 is 0. The second-order valence-electron chi connectivity index (χ2n) is 7.33. The van der Waals surface area contributed by atoms with Crippen molar-refractivity contribution in [3.05, 3.63) is 71.0 Å². The number of nitrogens with zero attached hydrogens (tertiary/aromatic N) is 2. The summed E-state index contributed by atoms with van der Waals surface area (Å²) in [6.45, 7) is 3.17. The highest BCUT2D eigenvalue weighted by molar-refractivity contribution is 6.09. The first-order chi connectivity index (χ1) is 14.6. The number of carbonyl (C=O) groups excluding carboxylic acids is 1. The largest absolute Gasteiger partial charge is 0.487 e. The molecule has 0 atom stereocenters. The minimum absolute atomic E-state index is 0.453. The molecule has 0 saturated heterocycles. The number of benzene rings is 2. The average molecular weight is 399 g/mol. The lowest BCUT2D eigenvalue weighted by Gasteiger charge is -2.12. The first-order valence-corrected chi connectivity index (χ1v) is 9.85. The second kappa shape index (κ2) is 7.18. The third kappa shape index (κ3) is 3.04. The highest BCUT2D eigenvalue weighted by atomic mass is 16.5. The van der Waals surface area contributed by atoms with Crippen molar-refractivity contribution in [3.63, 3.8) is 0 Å². The molecule has 1 aliphatic heterocycles. The van der Waals surface area contributed by atoms with E-state index in [0.29, 0.717) is 41.6 Å². The van der Waals surface area contributed by atoms with Gasteiger partial charge in [-0.2, -0.15) is 0 Å². The molecule has 0 aliphatic carbocycles. The molecule has 4 N–H and O–H groups in total. The van der Waals surface area contributed by atoms with E-state index in [1.807, 2.05) is 37.3 Å². The van der Waals surface area contributed by atoms with Gasteiger partial charge in [0.15, 0.2) is 17.4 Å². The zero-order valence-corrected chi connectivity index (χ0v) is 16.5. The summed E-state index contributed by atoms with van der Waals surface area (Å²) in [5, 5.41) is 4.27. The van der Waals surface area contributed by atoms with E-state index in [1.54, 1.807) is 6.07 Å². The summed E-state index contributed by atoms with van der Waals surface area (Å²) < 4.78 is 5.80. The quantitative estimate of drug-likeness (QED) is 0.476. The number of carbonyl (C=O) groups is 1. The van der Waals surface area contributed by atoms with Crippen LogP contribution in [-0.2, 0) is 13.0 Å². The Morgan fingerprint density at radius 1 is 1.17 bits per heavy atom. The van der Waals surface area contributed by atoms with E-state index < -0.39 is 5.91 Å². The molecule has 30 heavy (non-hydrogen) atoms. The standard InChI is InChI=1S/C23H21N5O2/c1-13-18(15-8-5-9-16(21(24)29)19(15)26-13)22-27-17-10-11-30-20(17)23(28-22)25-12-14-6-3-2-4-7-14/h2-9,26H,10-12H2,1H3,(H2,24,29)(H,25,27,28). The molecular formula is C23H21N5O2. The number of aromatic nitrogens is 3. The summed E-state index contributed by atoms with van der Waals surface area (Å²) in [6.07, 6.45) is 0.735. The van der Waals surface area contributed by atoms with Gasteiger partial charge in [0.2, 0.25) is 0 Å². The Labute approximate surface area is 173 Å². The zero-order chi connectivity index (χ0) is 20.7. The maximum absolute atomic E-state index is 11.8. The number of fused-ring (bicyclic) bond motifs is 2. The number of H-pyrrole nitrogens is 1. The molecule has 2 aromatic carbocycles. The van der Waals surface area contributed by atoms with Crippen LogP contribution in [0.15, 0.2) is 48.5 Å². The summed E-state index contributed by atoms with van der Waals surface area (Å²) in [5.74, 6) is 1.52. The van der Waals surface area contributed by atoms with Crippen LogP contribution in [0.5, 0.6) is 5.75 Å². The molecule has 7 nitrogen and oxygen atoms in total. The fraction of sp³-hybridized carbons (Fsp3) is 0.174. The van der Waals surface area contributed by atoms with Crippen molar-refractivity contribution < 1.29 is 9.53 Å². The molecule has 7 heteroatoms. The van der Waals surface area contributed by atoms with Crippen molar-refractivity contribution in [1.29, 1.82) is 0 Å². The number of aromatic amines is 1. The van der Waals surface area contributed by atoms with Gasteiger partial charge in [-0.05, 0) is 18.6 Å². The van der Waals surface area contributed by atoms with Crippen LogP contribution < -0.4 is 15.8 Å². The summed E-state index contributed by atoms with van der Waals surface area (Å²) in [5.41, 5.74) is 10.5. The van der Waals surface area contributed by atoms with Crippen molar-refractivity contribution >= 4 is 22.6 Å². The monoisotopic (exact) mass is 399 g/mol. The van der Waals surface area contributed by atoms with E-state index in [0.717, 1.165) is 34.3 Å². The minimum Gasteiger partial charge on any atom is -0.487 e. The van der Waals surface area contributed by atoms with E-state index in [9.17, 15) is 4.79 Å². The topological polar surface area (TPSA) is 106 Å². The fourth-order valence-corrected chi connectivity index (χ4v) is 3.92. The third-order valence-corrected chi connectivity index (χ3v) is 5.33. The number of primary amides is 1. The summed E-state index contributed by atoms with van der Waals surface area (Å²) in [6, 6.07) is 15.6. The number of nitrogens with two attached hydrogens (primary N) is 1. The molecule has 0 spiro atoms. The molecule has 0 fully saturated rings. The molecule has 3 heterocycles. The first kappa shape index (κ1) is 18.2. The molecule has 5 rings (SSSR count). The number of anilines is 1. The van der Waals surface area contributed by atoms with E-state index in [1.165, 1.54) is 0 Å². The Kier molecular flexibility index (Phi) is 4.35. The SMILES string of the molecule is Cc1[nH]c2c(C(N)=O)cccc2c1-c1nc2c(c(NCc3ccccc3)n1)OCC2. The van der Waals surface area contributed by atoms with E-state index in [2.05, 4.69) is 22.4 Å². The highest BCUT2D eigenvalue weighted by Crippen LogP contribution is 2.37. The van der Waals surface area contributed by atoms with E-state index in [-0.39, 0.29) is 0 Å². The van der Waals surface area contributed by atoms with Crippen LogP contribution in [0.3, 0.4) is 0 Å². The molecule has 150 valence electrons. The lowest BCUT2D eigenvalue weighted by molar-refractivity contribution is 0.100. The van der Waals surface area contributed by atoms with Crippen molar-refractivity contribution in [2.45, 2.75) is 19.9 Å². The van der Waals surface area contributed by atoms with Gasteiger partial charge < -0.3 is 20.8 Å². The Morgan fingerprint density at radius 2 is 2.00 bits per heavy atom. The number of amides is 1. The van der Waals surface area contributed by atoms with Gasteiger partial charge in [0, 0.05) is 29.6 Å². The van der Waals surface area contributed by atoms with Gasteiger partial charge in [-0.3, -0.25) is 4.79 Å². The number of hydrogen-bond acceptors (Lipinski definition) is 5. The number of aryl methyl sites for hydroxylation is 1. The van der Waals surface area contributed by atoms with Crippen molar-refractivity contribution in [1.82, 2.24) is 15.0 Å². The van der Waals surface area contributed by atoms with Gasteiger partial charge in [0.1, 0.15) is 0 Å². The summed E-state index contributed by atoms with van der Waals surface area (Å²) in [7, 11) is 0.